The van der Waals surface area contributed by atoms with E-state index in [9.17, 15) is 9.59 Å². The lowest BCUT2D eigenvalue weighted by Gasteiger charge is -2.15. The van der Waals surface area contributed by atoms with Gasteiger partial charge in [-0.1, -0.05) is 23.9 Å². The van der Waals surface area contributed by atoms with E-state index in [0.717, 1.165) is 11.8 Å². The molecule has 1 amide bonds. The van der Waals surface area contributed by atoms with Crippen molar-refractivity contribution in [1.82, 2.24) is 9.55 Å². The van der Waals surface area contributed by atoms with Crippen LogP contribution in [0.4, 0.5) is 0 Å². The van der Waals surface area contributed by atoms with Crippen molar-refractivity contribution >= 4 is 28.6 Å². The molecule has 1 atom stereocenters. The van der Waals surface area contributed by atoms with E-state index in [-0.39, 0.29) is 5.56 Å². The third-order valence-corrected chi connectivity index (χ3v) is 4.83. The Morgan fingerprint density at radius 3 is 2.52 bits per heavy atom. The first-order valence-electron chi connectivity index (χ1n) is 7.63. The molecule has 0 saturated carbocycles. The van der Waals surface area contributed by atoms with Gasteiger partial charge in [-0.2, -0.15) is 0 Å². The number of hydrogen-bond donors (Lipinski definition) is 1. The molecule has 1 aromatic heterocycles. The van der Waals surface area contributed by atoms with Gasteiger partial charge in [-0.15, -0.1) is 0 Å². The van der Waals surface area contributed by atoms with E-state index in [2.05, 4.69) is 4.98 Å². The lowest BCUT2D eigenvalue weighted by Crippen LogP contribution is -2.26. The van der Waals surface area contributed by atoms with E-state index in [1.807, 2.05) is 6.07 Å². The molecule has 7 heteroatoms. The van der Waals surface area contributed by atoms with Crippen LogP contribution in [0, 0.1) is 0 Å². The first-order chi connectivity index (χ1) is 12.0. The van der Waals surface area contributed by atoms with E-state index in [1.54, 1.807) is 56.5 Å². The third-order valence-electron chi connectivity index (χ3n) is 3.76. The second-order valence-electron chi connectivity index (χ2n) is 5.41. The molecule has 6 nitrogen and oxygen atoms in total. The lowest BCUT2D eigenvalue weighted by molar-refractivity contribution is -0.117. The number of hydrogen-bond acceptors (Lipinski definition) is 5. The molecule has 2 N–H and O–H groups in total. The summed E-state index contributed by atoms with van der Waals surface area (Å²) in [6.45, 7) is 1.69. The van der Waals surface area contributed by atoms with Crippen LogP contribution in [0.5, 0.6) is 5.75 Å². The Kier molecular flexibility index (Phi) is 4.76. The number of ether oxygens (including phenoxy) is 1. The number of aromatic nitrogens is 2. The van der Waals surface area contributed by atoms with Crippen molar-refractivity contribution in [3.05, 3.63) is 58.9 Å². The summed E-state index contributed by atoms with van der Waals surface area (Å²) in [5, 5.41) is 0.409. The van der Waals surface area contributed by atoms with Gasteiger partial charge >= 0.3 is 0 Å². The van der Waals surface area contributed by atoms with Crippen molar-refractivity contribution in [3.8, 4) is 11.4 Å². The van der Waals surface area contributed by atoms with Gasteiger partial charge in [-0.05, 0) is 43.3 Å². The molecule has 1 heterocycles. The fraction of sp³-hybridized carbons (Fsp3) is 0.167. The Labute approximate surface area is 148 Å². The van der Waals surface area contributed by atoms with E-state index in [1.165, 1.54) is 4.57 Å². The zero-order valence-corrected chi connectivity index (χ0v) is 14.6. The van der Waals surface area contributed by atoms with Crippen LogP contribution in [0.25, 0.3) is 16.6 Å². The second-order valence-corrected chi connectivity index (χ2v) is 6.72. The minimum Gasteiger partial charge on any atom is -0.497 e. The van der Waals surface area contributed by atoms with Gasteiger partial charge in [-0.3, -0.25) is 14.2 Å². The van der Waals surface area contributed by atoms with E-state index < -0.39 is 11.2 Å². The van der Waals surface area contributed by atoms with Crippen LogP contribution in [0.2, 0.25) is 0 Å². The molecule has 0 fully saturated rings. The van der Waals surface area contributed by atoms with Crippen LogP contribution in [0.15, 0.2) is 58.5 Å². The second kappa shape index (κ2) is 6.98. The normalized spacial score (nSPS) is 12.1. The van der Waals surface area contributed by atoms with E-state index in [0.29, 0.717) is 27.5 Å². The highest BCUT2D eigenvalue weighted by atomic mass is 32.2. The molecule has 2 aromatic carbocycles. The number of carbonyl (C=O) groups is 1. The average molecular weight is 355 g/mol. The fourth-order valence-corrected chi connectivity index (χ4v) is 3.24. The standard InChI is InChI=1S/C18H17N3O3S/c1-11(16(19)22)25-18-20-15-6-4-3-5-14(15)17(23)21(18)12-7-9-13(24-2)10-8-12/h3-11H,1-2H3,(H2,19,22)/t11-/m0/s1. The third kappa shape index (κ3) is 3.36. The molecule has 0 radical (unpaired) electrons. The number of para-hydroxylation sites is 1. The van der Waals surface area contributed by atoms with Gasteiger partial charge < -0.3 is 10.5 Å². The number of methoxy groups -OCH3 is 1. The van der Waals surface area contributed by atoms with Crippen molar-refractivity contribution in [2.45, 2.75) is 17.3 Å². The van der Waals surface area contributed by atoms with Gasteiger partial charge in [0, 0.05) is 0 Å². The minimum atomic E-state index is -0.516. The smallest absolute Gasteiger partial charge is 0.266 e. The number of fused-ring (bicyclic) bond motifs is 1. The molecular weight excluding hydrogens is 338 g/mol. The Morgan fingerprint density at radius 1 is 1.20 bits per heavy atom. The Balaban J connectivity index is 2.23. The van der Waals surface area contributed by atoms with Crippen molar-refractivity contribution in [1.29, 1.82) is 0 Å². The van der Waals surface area contributed by atoms with Crippen LogP contribution >= 0.6 is 11.8 Å². The average Bonchev–Trinajstić information content (AvgIpc) is 2.62. The maximum Gasteiger partial charge on any atom is 0.266 e. The predicted molar refractivity (Wildman–Crippen MR) is 98.4 cm³/mol. The maximum atomic E-state index is 13.0. The first kappa shape index (κ1) is 17.0. The van der Waals surface area contributed by atoms with Crippen molar-refractivity contribution in [3.63, 3.8) is 0 Å². The summed E-state index contributed by atoms with van der Waals surface area (Å²) in [6.07, 6.45) is 0. The Morgan fingerprint density at radius 2 is 1.88 bits per heavy atom. The van der Waals surface area contributed by atoms with Gasteiger partial charge in [0.25, 0.3) is 5.56 Å². The quantitative estimate of drug-likeness (QED) is 0.561. The molecule has 0 aliphatic rings. The van der Waals surface area contributed by atoms with Gasteiger partial charge in [0.2, 0.25) is 5.91 Å². The number of carbonyl (C=O) groups excluding carboxylic acids is 1. The first-order valence-corrected chi connectivity index (χ1v) is 8.51. The zero-order valence-electron chi connectivity index (χ0n) is 13.8. The molecule has 0 bridgehead atoms. The van der Waals surface area contributed by atoms with Crippen LogP contribution in [0.1, 0.15) is 6.92 Å². The molecule has 0 aliphatic carbocycles. The zero-order chi connectivity index (χ0) is 18.0. The summed E-state index contributed by atoms with van der Waals surface area (Å²) in [4.78, 5) is 29.0. The number of nitrogens with two attached hydrogens (primary N) is 1. The predicted octanol–water partition coefficient (Wildman–Crippen LogP) is 2.36. The monoisotopic (exact) mass is 355 g/mol. The van der Waals surface area contributed by atoms with Gasteiger partial charge in [0.05, 0.1) is 29.0 Å². The molecule has 0 saturated heterocycles. The van der Waals surface area contributed by atoms with Crippen molar-refractivity contribution < 1.29 is 9.53 Å². The highest BCUT2D eigenvalue weighted by Crippen LogP contribution is 2.25. The van der Waals surface area contributed by atoms with Gasteiger partial charge in [0.1, 0.15) is 5.75 Å². The fourth-order valence-electron chi connectivity index (χ4n) is 2.37. The number of primary amides is 1. The van der Waals surface area contributed by atoms with Crippen molar-refractivity contribution in [2.75, 3.05) is 7.11 Å². The highest BCUT2D eigenvalue weighted by Gasteiger charge is 2.18. The van der Waals surface area contributed by atoms with Crippen LogP contribution in [0.3, 0.4) is 0 Å². The molecule has 3 aromatic rings. The van der Waals surface area contributed by atoms with Crippen LogP contribution in [-0.4, -0.2) is 27.8 Å². The summed E-state index contributed by atoms with van der Waals surface area (Å²) >= 11 is 1.16. The molecule has 0 unspecified atom stereocenters. The largest absolute Gasteiger partial charge is 0.497 e. The summed E-state index contributed by atoms with van der Waals surface area (Å²) in [5.74, 6) is 0.221. The maximum absolute atomic E-state index is 13.0. The number of nitrogens with zero attached hydrogens (tertiary/aromatic N) is 2. The Hall–Kier alpha value is -2.80. The summed E-state index contributed by atoms with van der Waals surface area (Å²) in [6, 6.07) is 14.2. The van der Waals surface area contributed by atoms with E-state index in [4.69, 9.17) is 10.5 Å². The highest BCUT2D eigenvalue weighted by molar-refractivity contribution is 8.00. The molecule has 0 spiro atoms. The molecule has 3 rings (SSSR count). The summed E-state index contributed by atoms with van der Waals surface area (Å²) in [7, 11) is 1.58. The number of amides is 1. The Bertz CT molecular complexity index is 983. The van der Waals surface area contributed by atoms with Crippen LogP contribution < -0.4 is 16.0 Å². The molecular formula is C18H17N3O3S. The summed E-state index contributed by atoms with van der Waals surface area (Å²) < 4.78 is 6.65. The molecule has 0 aliphatic heterocycles. The van der Waals surface area contributed by atoms with Crippen molar-refractivity contribution in [2.24, 2.45) is 5.73 Å². The van der Waals surface area contributed by atoms with Gasteiger partial charge in [-0.25, -0.2) is 4.98 Å². The molecule has 25 heavy (non-hydrogen) atoms. The SMILES string of the molecule is COc1ccc(-n2c(S[C@@H](C)C(N)=O)nc3ccccc3c2=O)cc1. The van der Waals surface area contributed by atoms with E-state index >= 15 is 0 Å². The summed E-state index contributed by atoms with van der Waals surface area (Å²) in [5.41, 5.74) is 6.39. The number of benzene rings is 2. The minimum absolute atomic E-state index is 0.199. The molecule has 128 valence electrons. The van der Waals surface area contributed by atoms with Gasteiger partial charge in [0.15, 0.2) is 5.16 Å². The lowest BCUT2D eigenvalue weighted by atomic mass is 10.2. The van der Waals surface area contributed by atoms with Crippen LogP contribution in [-0.2, 0) is 4.79 Å². The number of thioether (sulfide) groups is 1. The number of rotatable bonds is 5. The topological polar surface area (TPSA) is 87.2 Å².